The van der Waals surface area contributed by atoms with E-state index in [1.54, 1.807) is 13.4 Å². The predicted molar refractivity (Wildman–Crippen MR) is 106 cm³/mol. The second-order valence-corrected chi connectivity index (χ2v) is 6.75. The number of rotatable bonds is 7. The van der Waals surface area contributed by atoms with Crippen LogP contribution in [0.1, 0.15) is 27.5 Å². The summed E-state index contributed by atoms with van der Waals surface area (Å²) < 4.78 is 12.7. The Labute approximate surface area is 167 Å². The fourth-order valence-electron chi connectivity index (χ4n) is 3.29. The molecule has 0 unspecified atom stereocenters. The topological polar surface area (TPSA) is 88.0 Å². The zero-order valence-electron chi connectivity index (χ0n) is 16.5. The zero-order valence-corrected chi connectivity index (χ0v) is 16.5. The first kappa shape index (κ1) is 18.7. The predicted octanol–water partition coefficient (Wildman–Crippen LogP) is 3.29. The SMILES string of the molecule is COc1cccc(-c2nnn(CC(=O)c3cc(C)n(Cc4ccco4)c3C)n2)c1. The molecule has 3 aromatic heterocycles. The third-order valence-corrected chi connectivity index (χ3v) is 4.83. The number of carbonyl (C=O) groups excluding carboxylic acids is 1. The molecule has 8 heteroatoms. The third kappa shape index (κ3) is 3.82. The highest BCUT2D eigenvalue weighted by Crippen LogP contribution is 2.21. The van der Waals surface area contributed by atoms with Gasteiger partial charge < -0.3 is 13.7 Å². The van der Waals surface area contributed by atoms with Gasteiger partial charge in [-0.1, -0.05) is 12.1 Å². The van der Waals surface area contributed by atoms with Gasteiger partial charge in [-0.3, -0.25) is 4.79 Å². The molecular weight excluding hydrogens is 370 g/mol. The Bertz CT molecular complexity index is 1140. The maximum Gasteiger partial charge on any atom is 0.205 e. The number of aromatic nitrogens is 5. The van der Waals surface area contributed by atoms with E-state index in [0.717, 1.165) is 22.7 Å². The molecule has 0 aliphatic heterocycles. The van der Waals surface area contributed by atoms with E-state index in [4.69, 9.17) is 9.15 Å². The molecule has 0 N–H and O–H groups in total. The molecule has 0 amide bonds. The van der Waals surface area contributed by atoms with Crippen LogP contribution < -0.4 is 4.74 Å². The van der Waals surface area contributed by atoms with Gasteiger partial charge in [-0.05, 0) is 49.4 Å². The van der Waals surface area contributed by atoms with Gasteiger partial charge in [0.25, 0.3) is 0 Å². The van der Waals surface area contributed by atoms with Crippen LogP contribution in [0.5, 0.6) is 5.75 Å². The lowest BCUT2D eigenvalue weighted by molar-refractivity contribution is 0.0960. The first-order valence-electron chi connectivity index (χ1n) is 9.19. The molecule has 3 heterocycles. The number of benzene rings is 1. The number of hydrogen-bond acceptors (Lipinski definition) is 6. The van der Waals surface area contributed by atoms with Gasteiger partial charge in [-0.15, -0.1) is 10.2 Å². The van der Waals surface area contributed by atoms with E-state index in [1.165, 1.54) is 4.80 Å². The standard InChI is InChI=1S/C21H21N5O3/c1-14-10-19(15(2)25(14)12-18-8-5-9-29-18)20(27)13-26-23-21(22-24-26)16-6-4-7-17(11-16)28-3/h4-11H,12-13H2,1-3H3. The minimum absolute atomic E-state index is 0.0159. The number of nitrogens with zero attached hydrogens (tertiary/aromatic N) is 5. The first-order chi connectivity index (χ1) is 14.0. The van der Waals surface area contributed by atoms with Crippen molar-refractivity contribution in [1.29, 1.82) is 0 Å². The number of carbonyl (C=O) groups is 1. The Morgan fingerprint density at radius 2 is 2.03 bits per heavy atom. The number of aryl methyl sites for hydroxylation is 1. The molecule has 4 aromatic rings. The number of tetrazole rings is 1. The first-order valence-corrected chi connectivity index (χ1v) is 9.19. The highest BCUT2D eigenvalue weighted by Gasteiger charge is 2.18. The van der Waals surface area contributed by atoms with Crippen LogP contribution in [0, 0.1) is 13.8 Å². The Hall–Kier alpha value is -3.68. The van der Waals surface area contributed by atoms with Gasteiger partial charge in [0, 0.05) is 22.5 Å². The van der Waals surface area contributed by atoms with Gasteiger partial charge in [-0.2, -0.15) is 4.80 Å². The zero-order chi connectivity index (χ0) is 20.4. The lowest BCUT2D eigenvalue weighted by Crippen LogP contribution is -2.14. The van der Waals surface area contributed by atoms with Crippen molar-refractivity contribution < 1.29 is 13.9 Å². The van der Waals surface area contributed by atoms with Gasteiger partial charge >= 0.3 is 0 Å². The second-order valence-electron chi connectivity index (χ2n) is 6.75. The van der Waals surface area contributed by atoms with Crippen LogP contribution in [0.4, 0.5) is 0 Å². The number of methoxy groups -OCH3 is 1. The summed E-state index contributed by atoms with van der Waals surface area (Å²) in [5, 5.41) is 12.4. The summed E-state index contributed by atoms with van der Waals surface area (Å²) in [5.41, 5.74) is 3.30. The molecule has 148 valence electrons. The van der Waals surface area contributed by atoms with Crippen molar-refractivity contribution in [3.05, 3.63) is 71.4 Å². The molecule has 8 nitrogen and oxygen atoms in total. The van der Waals surface area contributed by atoms with Crippen LogP contribution >= 0.6 is 0 Å². The summed E-state index contributed by atoms with van der Waals surface area (Å²) >= 11 is 0. The monoisotopic (exact) mass is 391 g/mol. The van der Waals surface area contributed by atoms with E-state index in [2.05, 4.69) is 20.0 Å². The van der Waals surface area contributed by atoms with Gasteiger partial charge in [0.05, 0.1) is 19.9 Å². The minimum atomic E-state index is -0.0709. The second kappa shape index (κ2) is 7.75. The van der Waals surface area contributed by atoms with Crippen LogP contribution in [0.3, 0.4) is 0 Å². The fourth-order valence-corrected chi connectivity index (χ4v) is 3.29. The molecule has 0 saturated carbocycles. The Morgan fingerprint density at radius 3 is 2.79 bits per heavy atom. The van der Waals surface area contributed by atoms with E-state index in [9.17, 15) is 4.79 Å². The Balaban J connectivity index is 1.52. The van der Waals surface area contributed by atoms with Crippen LogP contribution in [-0.2, 0) is 13.1 Å². The molecule has 0 fully saturated rings. The molecule has 0 aliphatic carbocycles. The summed E-state index contributed by atoms with van der Waals surface area (Å²) in [4.78, 5) is 14.2. The fraction of sp³-hybridized carbons (Fsp3) is 0.238. The number of ketones is 1. The average molecular weight is 391 g/mol. The van der Waals surface area contributed by atoms with E-state index < -0.39 is 0 Å². The molecule has 1 aromatic carbocycles. The number of hydrogen-bond donors (Lipinski definition) is 0. The van der Waals surface area contributed by atoms with Crippen molar-refractivity contribution in [3.8, 4) is 17.1 Å². The van der Waals surface area contributed by atoms with Crippen LogP contribution in [0.25, 0.3) is 11.4 Å². The Morgan fingerprint density at radius 1 is 1.17 bits per heavy atom. The maximum atomic E-state index is 12.9. The average Bonchev–Trinajstić information content (AvgIpc) is 3.46. The summed E-state index contributed by atoms with van der Waals surface area (Å²) in [7, 11) is 1.60. The largest absolute Gasteiger partial charge is 0.497 e. The third-order valence-electron chi connectivity index (χ3n) is 4.83. The smallest absolute Gasteiger partial charge is 0.205 e. The molecule has 0 saturated heterocycles. The number of Topliss-reactive ketones (excluding diaryl/α,β-unsaturated/α-hetero) is 1. The molecule has 4 rings (SSSR count). The van der Waals surface area contributed by atoms with Crippen molar-refractivity contribution >= 4 is 5.78 Å². The van der Waals surface area contributed by atoms with Crippen LogP contribution in [-0.4, -0.2) is 37.7 Å². The van der Waals surface area contributed by atoms with E-state index in [0.29, 0.717) is 23.7 Å². The van der Waals surface area contributed by atoms with Gasteiger partial charge in [-0.25, -0.2) is 0 Å². The van der Waals surface area contributed by atoms with Crippen molar-refractivity contribution in [2.75, 3.05) is 7.11 Å². The summed E-state index contributed by atoms with van der Waals surface area (Å²) in [6, 6.07) is 13.1. The molecule has 0 bridgehead atoms. The summed E-state index contributed by atoms with van der Waals surface area (Å²) in [5.74, 6) is 1.92. The van der Waals surface area contributed by atoms with Crippen LogP contribution in [0.2, 0.25) is 0 Å². The van der Waals surface area contributed by atoms with Gasteiger partial charge in [0.2, 0.25) is 5.82 Å². The minimum Gasteiger partial charge on any atom is -0.497 e. The van der Waals surface area contributed by atoms with E-state index in [-0.39, 0.29) is 12.3 Å². The van der Waals surface area contributed by atoms with Crippen molar-refractivity contribution in [1.82, 2.24) is 24.8 Å². The molecule has 0 atom stereocenters. The highest BCUT2D eigenvalue weighted by molar-refractivity contribution is 5.97. The molecule has 0 radical (unpaired) electrons. The highest BCUT2D eigenvalue weighted by atomic mass is 16.5. The molecule has 29 heavy (non-hydrogen) atoms. The lowest BCUT2D eigenvalue weighted by atomic mass is 10.1. The normalized spacial score (nSPS) is 11.0. The summed E-state index contributed by atoms with van der Waals surface area (Å²) in [6.07, 6.45) is 1.64. The van der Waals surface area contributed by atoms with Gasteiger partial charge in [0.15, 0.2) is 5.78 Å². The van der Waals surface area contributed by atoms with Crippen molar-refractivity contribution in [2.45, 2.75) is 26.9 Å². The van der Waals surface area contributed by atoms with Crippen molar-refractivity contribution in [3.63, 3.8) is 0 Å². The number of ether oxygens (including phenoxy) is 1. The van der Waals surface area contributed by atoms with E-state index >= 15 is 0 Å². The molecular formula is C21H21N5O3. The maximum absolute atomic E-state index is 12.9. The van der Waals surface area contributed by atoms with Crippen LogP contribution in [0.15, 0.2) is 53.1 Å². The van der Waals surface area contributed by atoms with Crippen molar-refractivity contribution in [2.24, 2.45) is 0 Å². The number of furan rings is 1. The van der Waals surface area contributed by atoms with Gasteiger partial charge in [0.1, 0.15) is 18.1 Å². The molecule has 0 spiro atoms. The summed E-state index contributed by atoms with van der Waals surface area (Å²) in [6.45, 7) is 4.50. The quantitative estimate of drug-likeness (QED) is 0.449. The Kier molecular flexibility index (Phi) is 4.99. The molecule has 0 aliphatic rings. The van der Waals surface area contributed by atoms with E-state index in [1.807, 2.05) is 56.3 Å². The lowest BCUT2D eigenvalue weighted by Gasteiger charge is -2.07.